The van der Waals surface area contributed by atoms with E-state index in [0.29, 0.717) is 12.8 Å². The lowest BCUT2D eigenvalue weighted by molar-refractivity contribution is -0.121. The van der Waals surface area contributed by atoms with Crippen molar-refractivity contribution < 1.29 is 19.0 Å². The second kappa shape index (κ2) is 9.73. The molecular formula is C24H24FNO3. The van der Waals surface area contributed by atoms with Crippen molar-refractivity contribution in [3.05, 3.63) is 95.3 Å². The van der Waals surface area contributed by atoms with Crippen LogP contribution in [0.1, 0.15) is 29.2 Å². The Bertz CT molecular complexity index is 959. The minimum absolute atomic E-state index is 0.116. The third kappa shape index (κ3) is 5.82. The SMILES string of the molecule is COc1ccc(CCC(=O)N[C@H](Cc2cccc(O)c2)c2ccccc2)cc1F. The number of aryl methyl sites for hydroxylation is 1. The first kappa shape index (κ1) is 20.4. The molecule has 3 rings (SSSR count). The Kier molecular flexibility index (Phi) is 6.85. The maximum atomic E-state index is 13.8. The zero-order valence-electron chi connectivity index (χ0n) is 16.3. The van der Waals surface area contributed by atoms with Gasteiger partial charge in [0, 0.05) is 6.42 Å². The quantitative estimate of drug-likeness (QED) is 0.589. The maximum absolute atomic E-state index is 13.8. The van der Waals surface area contributed by atoms with Gasteiger partial charge >= 0.3 is 0 Å². The third-order valence-electron chi connectivity index (χ3n) is 4.74. The smallest absolute Gasteiger partial charge is 0.220 e. The molecule has 1 atom stereocenters. The van der Waals surface area contributed by atoms with E-state index >= 15 is 0 Å². The second-order valence-electron chi connectivity index (χ2n) is 6.87. The number of hydrogen-bond donors (Lipinski definition) is 2. The van der Waals surface area contributed by atoms with Gasteiger partial charge in [-0.3, -0.25) is 4.79 Å². The molecule has 0 saturated heterocycles. The van der Waals surface area contributed by atoms with Crippen molar-refractivity contribution >= 4 is 5.91 Å². The lowest BCUT2D eigenvalue weighted by Gasteiger charge is -2.20. The molecule has 5 heteroatoms. The Balaban J connectivity index is 1.67. The number of halogens is 1. The molecule has 0 spiro atoms. The van der Waals surface area contributed by atoms with E-state index in [0.717, 1.165) is 16.7 Å². The number of phenolic OH excluding ortho intramolecular Hbond substituents is 1. The summed E-state index contributed by atoms with van der Waals surface area (Å²) in [5.74, 6) is -0.165. The topological polar surface area (TPSA) is 58.6 Å². The first-order chi connectivity index (χ1) is 14.0. The van der Waals surface area contributed by atoms with E-state index in [-0.39, 0.29) is 29.9 Å². The average Bonchev–Trinajstić information content (AvgIpc) is 2.72. The molecule has 4 nitrogen and oxygen atoms in total. The fourth-order valence-corrected chi connectivity index (χ4v) is 3.25. The highest BCUT2D eigenvalue weighted by Crippen LogP contribution is 2.22. The third-order valence-corrected chi connectivity index (χ3v) is 4.74. The molecule has 0 aliphatic carbocycles. The fraction of sp³-hybridized carbons (Fsp3) is 0.208. The lowest BCUT2D eigenvalue weighted by Crippen LogP contribution is -2.30. The van der Waals surface area contributed by atoms with Crippen LogP contribution in [-0.2, 0) is 17.6 Å². The summed E-state index contributed by atoms with van der Waals surface area (Å²) in [5.41, 5.74) is 2.65. The van der Waals surface area contributed by atoms with Crippen LogP contribution in [-0.4, -0.2) is 18.1 Å². The highest BCUT2D eigenvalue weighted by atomic mass is 19.1. The van der Waals surface area contributed by atoms with E-state index in [9.17, 15) is 14.3 Å². The van der Waals surface area contributed by atoms with Crippen LogP contribution < -0.4 is 10.1 Å². The number of carbonyl (C=O) groups excluding carboxylic acids is 1. The molecule has 2 N–H and O–H groups in total. The largest absolute Gasteiger partial charge is 0.508 e. The summed E-state index contributed by atoms with van der Waals surface area (Å²) in [5, 5.41) is 12.8. The summed E-state index contributed by atoms with van der Waals surface area (Å²) in [6, 6.07) is 21.2. The maximum Gasteiger partial charge on any atom is 0.220 e. The number of amides is 1. The molecule has 0 unspecified atom stereocenters. The predicted molar refractivity (Wildman–Crippen MR) is 110 cm³/mol. The van der Waals surface area contributed by atoms with E-state index in [1.807, 2.05) is 36.4 Å². The molecule has 0 aromatic heterocycles. The van der Waals surface area contributed by atoms with Crippen LogP contribution in [0.25, 0.3) is 0 Å². The molecule has 0 saturated carbocycles. The predicted octanol–water partition coefficient (Wildman–Crippen LogP) is 4.57. The molecule has 29 heavy (non-hydrogen) atoms. The molecular weight excluding hydrogens is 369 g/mol. The Morgan fingerprint density at radius 1 is 1.03 bits per heavy atom. The summed E-state index contributed by atoms with van der Waals surface area (Å²) in [4.78, 5) is 12.6. The van der Waals surface area contributed by atoms with Crippen LogP contribution in [0.2, 0.25) is 0 Å². The van der Waals surface area contributed by atoms with E-state index < -0.39 is 5.82 Å². The van der Waals surface area contributed by atoms with Crippen LogP contribution in [0.5, 0.6) is 11.5 Å². The molecule has 0 aliphatic heterocycles. The van der Waals surface area contributed by atoms with Crippen molar-refractivity contribution in [2.24, 2.45) is 0 Å². The minimum Gasteiger partial charge on any atom is -0.508 e. The van der Waals surface area contributed by atoms with Gasteiger partial charge in [-0.2, -0.15) is 0 Å². The second-order valence-corrected chi connectivity index (χ2v) is 6.87. The molecule has 3 aromatic carbocycles. The van der Waals surface area contributed by atoms with Gasteiger partial charge in [-0.1, -0.05) is 48.5 Å². The van der Waals surface area contributed by atoms with Gasteiger partial charge in [-0.15, -0.1) is 0 Å². The lowest BCUT2D eigenvalue weighted by atomic mass is 9.98. The number of aromatic hydroxyl groups is 1. The molecule has 3 aromatic rings. The monoisotopic (exact) mass is 393 g/mol. The van der Waals surface area contributed by atoms with Crippen molar-refractivity contribution in [1.29, 1.82) is 0 Å². The Hall–Kier alpha value is -3.34. The molecule has 0 fully saturated rings. The van der Waals surface area contributed by atoms with E-state index in [4.69, 9.17) is 4.74 Å². The summed E-state index contributed by atoms with van der Waals surface area (Å²) >= 11 is 0. The molecule has 0 radical (unpaired) electrons. The Morgan fingerprint density at radius 3 is 2.52 bits per heavy atom. The zero-order valence-corrected chi connectivity index (χ0v) is 16.3. The van der Waals surface area contributed by atoms with Gasteiger partial charge in [0.05, 0.1) is 13.2 Å². The van der Waals surface area contributed by atoms with Gasteiger partial charge in [0.25, 0.3) is 0 Å². The molecule has 0 aliphatic rings. The summed E-state index contributed by atoms with van der Waals surface area (Å²) in [6.45, 7) is 0. The number of benzene rings is 3. The Labute approximate surface area is 170 Å². The number of ether oxygens (including phenoxy) is 1. The molecule has 0 bridgehead atoms. The highest BCUT2D eigenvalue weighted by molar-refractivity contribution is 5.76. The number of methoxy groups -OCH3 is 1. The van der Waals surface area contributed by atoms with Crippen molar-refractivity contribution in [3.63, 3.8) is 0 Å². The zero-order chi connectivity index (χ0) is 20.6. The van der Waals surface area contributed by atoms with Gasteiger partial charge in [-0.25, -0.2) is 4.39 Å². The van der Waals surface area contributed by atoms with Crippen LogP contribution in [0.15, 0.2) is 72.8 Å². The van der Waals surface area contributed by atoms with Crippen LogP contribution in [0, 0.1) is 5.82 Å². The first-order valence-corrected chi connectivity index (χ1v) is 9.50. The number of nitrogens with one attached hydrogen (secondary N) is 1. The van der Waals surface area contributed by atoms with Gasteiger partial charge < -0.3 is 15.2 Å². The van der Waals surface area contributed by atoms with Gasteiger partial charge in [0.15, 0.2) is 11.6 Å². The van der Waals surface area contributed by atoms with Crippen LogP contribution in [0.3, 0.4) is 0 Å². The fourth-order valence-electron chi connectivity index (χ4n) is 3.25. The normalized spacial score (nSPS) is 11.7. The van der Waals surface area contributed by atoms with Crippen molar-refractivity contribution in [2.45, 2.75) is 25.3 Å². The van der Waals surface area contributed by atoms with Gasteiger partial charge in [0.1, 0.15) is 5.75 Å². The van der Waals surface area contributed by atoms with Gasteiger partial charge in [0.2, 0.25) is 5.91 Å². The Morgan fingerprint density at radius 2 is 1.83 bits per heavy atom. The summed E-state index contributed by atoms with van der Waals surface area (Å²) < 4.78 is 18.8. The molecule has 0 heterocycles. The van der Waals surface area contributed by atoms with E-state index in [2.05, 4.69) is 5.32 Å². The van der Waals surface area contributed by atoms with Crippen molar-refractivity contribution in [2.75, 3.05) is 7.11 Å². The van der Waals surface area contributed by atoms with Crippen molar-refractivity contribution in [3.8, 4) is 11.5 Å². The van der Waals surface area contributed by atoms with Crippen LogP contribution in [0.4, 0.5) is 4.39 Å². The van der Waals surface area contributed by atoms with Crippen molar-refractivity contribution in [1.82, 2.24) is 5.32 Å². The number of carbonyl (C=O) groups is 1. The van der Waals surface area contributed by atoms with E-state index in [1.165, 1.54) is 13.2 Å². The van der Waals surface area contributed by atoms with Gasteiger partial charge in [-0.05, 0) is 53.8 Å². The standard InChI is InChI=1S/C24H24FNO3/c1-29-23-12-10-17(15-21(23)25)11-13-24(28)26-22(19-7-3-2-4-8-19)16-18-6-5-9-20(27)14-18/h2-10,12,14-15,22,27H,11,13,16H2,1H3,(H,26,28)/t22-/m1/s1. The average molecular weight is 393 g/mol. The highest BCUT2D eigenvalue weighted by Gasteiger charge is 2.16. The number of rotatable bonds is 8. The summed E-state index contributed by atoms with van der Waals surface area (Å²) in [7, 11) is 1.42. The molecule has 150 valence electrons. The van der Waals surface area contributed by atoms with E-state index in [1.54, 1.807) is 30.3 Å². The van der Waals surface area contributed by atoms with Crippen LogP contribution >= 0.6 is 0 Å². The minimum atomic E-state index is -0.434. The first-order valence-electron chi connectivity index (χ1n) is 9.50. The molecule has 1 amide bonds. The number of hydrogen-bond acceptors (Lipinski definition) is 3. The summed E-state index contributed by atoms with van der Waals surface area (Å²) in [6.07, 6.45) is 1.23. The number of phenols is 1.